The lowest BCUT2D eigenvalue weighted by atomic mass is 10.1. The molecule has 0 atom stereocenters. The Bertz CT molecular complexity index is 1190. The Labute approximate surface area is 188 Å². The van der Waals surface area contributed by atoms with Crippen LogP contribution >= 0.6 is 15.9 Å². The number of para-hydroxylation sites is 1. The zero-order valence-corrected chi connectivity index (χ0v) is 18.5. The molecule has 4 aromatic rings. The molecule has 156 valence electrons. The van der Waals surface area contributed by atoms with Crippen molar-refractivity contribution in [1.29, 1.82) is 0 Å². The highest BCUT2D eigenvalue weighted by Gasteiger charge is 2.13. The van der Waals surface area contributed by atoms with Gasteiger partial charge in [0.15, 0.2) is 11.6 Å². The maximum atomic E-state index is 12.6. The molecule has 1 heterocycles. The van der Waals surface area contributed by atoms with Crippen LogP contribution in [0.5, 0.6) is 5.75 Å². The third-order valence-corrected chi connectivity index (χ3v) is 5.45. The Morgan fingerprint density at radius 2 is 1.84 bits per heavy atom. The number of carbonyl (C=O) groups excluding carboxylic acids is 1. The fourth-order valence-electron chi connectivity index (χ4n) is 3.23. The smallest absolute Gasteiger partial charge is 0.224 e. The summed E-state index contributed by atoms with van der Waals surface area (Å²) >= 11 is 3.48. The van der Waals surface area contributed by atoms with Crippen LogP contribution in [0.15, 0.2) is 77.3 Å². The molecule has 31 heavy (non-hydrogen) atoms. The van der Waals surface area contributed by atoms with Gasteiger partial charge in [0.25, 0.3) is 0 Å². The second-order valence-corrected chi connectivity index (χ2v) is 7.79. The van der Waals surface area contributed by atoms with Crippen LogP contribution in [0.4, 0.5) is 5.69 Å². The van der Waals surface area contributed by atoms with Crippen molar-refractivity contribution in [3.8, 4) is 28.5 Å². The summed E-state index contributed by atoms with van der Waals surface area (Å²) in [6.07, 6.45) is 0.982. The van der Waals surface area contributed by atoms with Crippen molar-refractivity contribution in [1.82, 2.24) is 15.2 Å². The van der Waals surface area contributed by atoms with Crippen molar-refractivity contribution in [2.45, 2.75) is 12.8 Å². The van der Waals surface area contributed by atoms with Crippen LogP contribution in [-0.4, -0.2) is 28.2 Å². The molecule has 2 N–H and O–H groups in total. The highest BCUT2D eigenvalue weighted by atomic mass is 79.9. The van der Waals surface area contributed by atoms with E-state index < -0.39 is 0 Å². The fourth-order valence-corrected chi connectivity index (χ4v) is 3.82. The molecule has 0 fully saturated rings. The van der Waals surface area contributed by atoms with Gasteiger partial charge < -0.3 is 10.1 Å². The number of nitrogens with one attached hydrogen (secondary N) is 2. The van der Waals surface area contributed by atoms with Gasteiger partial charge >= 0.3 is 0 Å². The maximum Gasteiger partial charge on any atom is 0.224 e. The van der Waals surface area contributed by atoms with Crippen molar-refractivity contribution in [2.75, 3.05) is 12.4 Å². The van der Waals surface area contributed by atoms with Crippen LogP contribution in [0.1, 0.15) is 12.0 Å². The largest absolute Gasteiger partial charge is 0.496 e. The first-order chi connectivity index (χ1) is 15.1. The minimum Gasteiger partial charge on any atom is -0.496 e. The summed E-state index contributed by atoms with van der Waals surface area (Å²) in [5.41, 5.74) is 3.47. The van der Waals surface area contributed by atoms with Crippen molar-refractivity contribution in [3.63, 3.8) is 0 Å². The molecule has 0 spiro atoms. The van der Waals surface area contributed by atoms with E-state index in [0.717, 1.165) is 26.9 Å². The molecule has 0 saturated heterocycles. The zero-order valence-electron chi connectivity index (χ0n) is 16.9. The number of anilines is 1. The summed E-state index contributed by atoms with van der Waals surface area (Å²) in [5.74, 6) is 1.92. The van der Waals surface area contributed by atoms with E-state index in [9.17, 15) is 4.79 Å². The molecule has 0 aliphatic carbocycles. The summed E-state index contributed by atoms with van der Waals surface area (Å²) in [6, 6.07) is 23.1. The van der Waals surface area contributed by atoms with Gasteiger partial charge in [-0.25, -0.2) is 4.98 Å². The van der Waals surface area contributed by atoms with E-state index in [1.165, 1.54) is 0 Å². The molecule has 4 rings (SSSR count). The summed E-state index contributed by atoms with van der Waals surface area (Å²) < 4.78 is 6.12. The fraction of sp³-hybridized carbons (Fsp3) is 0.125. The number of ether oxygens (including phenoxy) is 1. The van der Waals surface area contributed by atoms with E-state index in [2.05, 4.69) is 36.4 Å². The van der Waals surface area contributed by atoms with Gasteiger partial charge in [0, 0.05) is 17.5 Å². The third kappa shape index (κ3) is 5.00. The summed E-state index contributed by atoms with van der Waals surface area (Å²) in [5, 5.41) is 10.3. The number of carbonyl (C=O) groups is 1. The van der Waals surface area contributed by atoms with Gasteiger partial charge in [-0.2, -0.15) is 5.10 Å². The Hall–Kier alpha value is -3.45. The van der Waals surface area contributed by atoms with Gasteiger partial charge in [0.1, 0.15) is 5.75 Å². The number of rotatable bonds is 7. The topological polar surface area (TPSA) is 79.9 Å². The van der Waals surface area contributed by atoms with Crippen LogP contribution in [0.25, 0.3) is 22.8 Å². The molecule has 1 amide bonds. The van der Waals surface area contributed by atoms with Gasteiger partial charge in [0.2, 0.25) is 5.91 Å². The minimum atomic E-state index is -0.0674. The molecular weight excluding hydrogens is 456 g/mol. The lowest BCUT2D eigenvalue weighted by molar-refractivity contribution is -0.116. The van der Waals surface area contributed by atoms with Gasteiger partial charge in [-0.3, -0.25) is 9.89 Å². The van der Waals surface area contributed by atoms with Crippen LogP contribution in [-0.2, 0) is 11.2 Å². The number of hydrogen-bond acceptors (Lipinski definition) is 4. The third-order valence-electron chi connectivity index (χ3n) is 4.83. The number of aromatic amines is 1. The van der Waals surface area contributed by atoms with Crippen LogP contribution in [0.3, 0.4) is 0 Å². The van der Waals surface area contributed by atoms with Crippen molar-refractivity contribution in [2.24, 2.45) is 0 Å². The SMILES string of the molecule is COc1ccc(CCC(=O)Nc2ccccc2-c2nc(-c3ccccc3)n[nH]2)cc1Br. The highest BCUT2D eigenvalue weighted by Crippen LogP contribution is 2.28. The van der Waals surface area contributed by atoms with E-state index in [-0.39, 0.29) is 5.91 Å². The number of methoxy groups -OCH3 is 1. The predicted octanol–water partition coefficient (Wildman–Crippen LogP) is 5.48. The van der Waals surface area contributed by atoms with Crippen molar-refractivity contribution < 1.29 is 9.53 Å². The molecule has 0 unspecified atom stereocenters. The number of aryl methyl sites for hydroxylation is 1. The summed E-state index contributed by atoms with van der Waals surface area (Å²) in [4.78, 5) is 17.2. The van der Waals surface area contributed by atoms with E-state index in [4.69, 9.17) is 4.74 Å². The van der Waals surface area contributed by atoms with Crippen molar-refractivity contribution >= 4 is 27.5 Å². The number of H-pyrrole nitrogens is 1. The number of hydrogen-bond donors (Lipinski definition) is 2. The maximum absolute atomic E-state index is 12.6. The molecule has 0 radical (unpaired) electrons. The first kappa shape index (κ1) is 20.8. The van der Waals surface area contributed by atoms with Gasteiger partial charge in [-0.1, -0.05) is 48.5 Å². The van der Waals surface area contributed by atoms with E-state index in [0.29, 0.717) is 30.2 Å². The molecule has 0 aliphatic rings. The average Bonchev–Trinajstić information content (AvgIpc) is 3.29. The Balaban J connectivity index is 1.46. The Morgan fingerprint density at radius 3 is 2.61 bits per heavy atom. The monoisotopic (exact) mass is 476 g/mol. The van der Waals surface area contributed by atoms with E-state index in [1.807, 2.05) is 72.8 Å². The predicted molar refractivity (Wildman–Crippen MR) is 125 cm³/mol. The summed E-state index contributed by atoms with van der Waals surface area (Å²) in [6.45, 7) is 0. The second-order valence-electron chi connectivity index (χ2n) is 6.94. The average molecular weight is 477 g/mol. The highest BCUT2D eigenvalue weighted by molar-refractivity contribution is 9.10. The number of nitrogens with zero attached hydrogens (tertiary/aromatic N) is 2. The van der Waals surface area contributed by atoms with Gasteiger partial charge in [-0.05, 0) is 52.2 Å². The number of halogens is 1. The summed E-state index contributed by atoms with van der Waals surface area (Å²) in [7, 11) is 1.63. The van der Waals surface area contributed by atoms with Gasteiger partial charge in [0.05, 0.1) is 17.3 Å². The normalized spacial score (nSPS) is 10.6. The van der Waals surface area contributed by atoms with Crippen LogP contribution in [0, 0.1) is 0 Å². The minimum absolute atomic E-state index is 0.0674. The Morgan fingerprint density at radius 1 is 1.06 bits per heavy atom. The molecule has 1 aromatic heterocycles. The number of amides is 1. The van der Waals surface area contributed by atoms with Gasteiger partial charge in [-0.15, -0.1) is 0 Å². The lowest BCUT2D eigenvalue weighted by Crippen LogP contribution is -2.13. The molecule has 0 bridgehead atoms. The lowest BCUT2D eigenvalue weighted by Gasteiger charge is -2.10. The van der Waals surface area contributed by atoms with E-state index >= 15 is 0 Å². The molecule has 3 aromatic carbocycles. The first-order valence-corrected chi connectivity index (χ1v) is 10.6. The molecule has 0 saturated carbocycles. The van der Waals surface area contributed by atoms with Crippen LogP contribution < -0.4 is 10.1 Å². The standard InChI is InChI=1S/C24H21BrN4O2/c1-31-21-13-11-16(15-19(21)25)12-14-22(30)26-20-10-6-5-9-18(20)24-27-23(28-29-24)17-7-3-2-4-8-17/h2-11,13,15H,12,14H2,1H3,(H,26,30)(H,27,28,29). The molecular formula is C24H21BrN4O2. The number of benzene rings is 3. The quantitative estimate of drug-likeness (QED) is 0.370. The Kier molecular flexibility index (Phi) is 6.43. The van der Waals surface area contributed by atoms with E-state index in [1.54, 1.807) is 7.11 Å². The molecule has 7 heteroatoms. The zero-order chi connectivity index (χ0) is 21.6. The van der Waals surface area contributed by atoms with Crippen LogP contribution in [0.2, 0.25) is 0 Å². The first-order valence-electron chi connectivity index (χ1n) is 9.83. The van der Waals surface area contributed by atoms with Crippen molar-refractivity contribution in [3.05, 3.63) is 82.8 Å². The molecule has 6 nitrogen and oxygen atoms in total. The molecule has 0 aliphatic heterocycles. The second kappa shape index (κ2) is 9.57. The number of aromatic nitrogens is 3.